The molecule has 0 atom stereocenters. The number of benzene rings is 2. The number of carbonyl (C=O) groups excluding carboxylic acids is 1. The van der Waals surface area contributed by atoms with Gasteiger partial charge in [0.05, 0.1) is 11.9 Å². The summed E-state index contributed by atoms with van der Waals surface area (Å²) >= 11 is 0. The summed E-state index contributed by atoms with van der Waals surface area (Å²) in [7, 11) is 0. The summed E-state index contributed by atoms with van der Waals surface area (Å²) in [5, 5.41) is 8.18. The number of aryl methyl sites for hydroxylation is 1. The van der Waals surface area contributed by atoms with E-state index in [0.717, 1.165) is 16.8 Å². The van der Waals surface area contributed by atoms with Crippen molar-refractivity contribution in [2.75, 3.05) is 0 Å². The molecule has 1 aromatic heterocycles. The molecule has 6 heteroatoms. The highest BCUT2D eigenvalue weighted by atomic mass is 16.5. The first-order valence-corrected chi connectivity index (χ1v) is 8.28. The molecule has 3 rings (SSSR count). The number of rotatable bonds is 7. The Labute approximate surface area is 152 Å². The summed E-state index contributed by atoms with van der Waals surface area (Å²) in [6, 6.07) is 19.3. The number of amides is 1. The van der Waals surface area contributed by atoms with Crippen LogP contribution in [0.25, 0.3) is 0 Å². The predicted molar refractivity (Wildman–Crippen MR) is 99.9 cm³/mol. The first-order valence-electron chi connectivity index (χ1n) is 8.28. The molecule has 0 unspecified atom stereocenters. The lowest BCUT2D eigenvalue weighted by atomic mass is 10.2. The van der Waals surface area contributed by atoms with Crippen molar-refractivity contribution in [1.82, 2.24) is 15.2 Å². The molecule has 26 heavy (non-hydrogen) atoms. The normalized spacial score (nSPS) is 10.8. The summed E-state index contributed by atoms with van der Waals surface area (Å²) in [4.78, 5) is 11.9. The SMILES string of the molecule is Cc1ccn(CC(=O)NN=Cc2ccccc2OCc2ccccc2)n1. The molecule has 0 saturated heterocycles. The van der Waals surface area contributed by atoms with Crippen molar-refractivity contribution < 1.29 is 9.53 Å². The highest BCUT2D eigenvalue weighted by Gasteiger charge is 2.04. The fourth-order valence-corrected chi connectivity index (χ4v) is 2.36. The van der Waals surface area contributed by atoms with E-state index in [-0.39, 0.29) is 12.5 Å². The maximum absolute atomic E-state index is 11.9. The van der Waals surface area contributed by atoms with E-state index in [1.807, 2.05) is 67.6 Å². The molecule has 132 valence electrons. The molecular formula is C20H20N4O2. The van der Waals surface area contributed by atoms with Crippen LogP contribution in [-0.4, -0.2) is 21.9 Å². The zero-order valence-electron chi connectivity index (χ0n) is 14.5. The lowest BCUT2D eigenvalue weighted by Gasteiger charge is -2.09. The van der Waals surface area contributed by atoms with Crippen molar-refractivity contribution in [2.24, 2.45) is 5.10 Å². The van der Waals surface area contributed by atoms with Gasteiger partial charge in [-0.05, 0) is 30.7 Å². The van der Waals surface area contributed by atoms with Gasteiger partial charge in [0.15, 0.2) is 0 Å². The summed E-state index contributed by atoms with van der Waals surface area (Å²) in [5.41, 5.74) is 5.25. The van der Waals surface area contributed by atoms with E-state index in [2.05, 4.69) is 15.6 Å². The van der Waals surface area contributed by atoms with Crippen LogP contribution in [0.5, 0.6) is 5.75 Å². The molecule has 0 spiro atoms. The Bertz CT molecular complexity index is 888. The van der Waals surface area contributed by atoms with Crippen molar-refractivity contribution in [3.05, 3.63) is 83.7 Å². The Morgan fingerprint density at radius 2 is 1.92 bits per heavy atom. The summed E-state index contributed by atoms with van der Waals surface area (Å²) in [6.45, 7) is 2.47. The molecule has 0 fully saturated rings. The number of ether oxygens (including phenoxy) is 1. The third-order valence-corrected chi connectivity index (χ3v) is 3.63. The number of carbonyl (C=O) groups is 1. The molecule has 6 nitrogen and oxygen atoms in total. The van der Waals surface area contributed by atoms with Gasteiger partial charge in [-0.1, -0.05) is 42.5 Å². The van der Waals surface area contributed by atoms with Crippen LogP contribution < -0.4 is 10.2 Å². The molecule has 3 aromatic rings. The van der Waals surface area contributed by atoms with Crippen LogP contribution in [-0.2, 0) is 17.9 Å². The van der Waals surface area contributed by atoms with Crippen molar-refractivity contribution in [3.8, 4) is 5.75 Å². The minimum atomic E-state index is -0.243. The number of nitrogens with zero attached hydrogens (tertiary/aromatic N) is 3. The molecule has 1 N–H and O–H groups in total. The second-order valence-electron chi connectivity index (χ2n) is 5.76. The molecule has 0 aliphatic rings. The number of hydrogen-bond acceptors (Lipinski definition) is 4. The van der Waals surface area contributed by atoms with Crippen molar-refractivity contribution in [3.63, 3.8) is 0 Å². The van der Waals surface area contributed by atoms with Crippen LogP contribution in [0.3, 0.4) is 0 Å². The van der Waals surface area contributed by atoms with Gasteiger partial charge in [-0.2, -0.15) is 10.2 Å². The van der Waals surface area contributed by atoms with Crippen molar-refractivity contribution in [2.45, 2.75) is 20.1 Å². The molecular weight excluding hydrogens is 328 g/mol. The standard InChI is InChI=1S/C20H20N4O2/c1-16-11-12-24(23-16)14-20(25)22-21-13-18-9-5-6-10-19(18)26-15-17-7-3-2-4-8-17/h2-13H,14-15H2,1H3,(H,22,25). The topological polar surface area (TPSA) is 68.5 Å². The number of para-hydroxylation sites is 1. The molecule has 0 saturated carbocycles. The van der Waals surface area contributed by atoms with Gasteiger partial charge in [-0.3, -0.25) is 9.48 Å². The largest absolute Gasteiger partial charge is 0.488 e. The van der Waals surface area contributed by atoms with Crippen LogP contribution in [0, 0.1) is 6.92 Å². The van der Waals surface area contributed by atoms with Gasteiger partial charge >= 0.3 is 0 Å². The van der Waals surface area contributed by atoms with E-state index < -0.39 is 0 Å². The lowest BCUT2D eigenvalue weighted by Crippen LogP contribution is -2.23. The Morgan fingerprint density at radius 1 is 1.15 bits per heavy atom. The van der Waals surface area contributed by atoms with Gasteiger partial charge < -0.3 is 4.74 Å². The Balaban J connectivity index is 1.57. The second-order valence-corrected chi connectivity index (χ2v) is 5.76. The van der Waals surface area contributed by atoms with E-state index in [4.69, 9.17) is 4.74 Å². The predicted octanol–water partition coefficient (Wildman–Crippen LogP) is 2.92. The van der Waals surface area contributed by atoms with Crippen LogP contribution >= 0.6 is 0 Å². The lowest BCUT2D eigenvalue weighted by molar-refractivity contribution is -0.121. The quantitative estimate of drug-likeness (QED) is 0.527. The summed E-state index contributed by atoms with van der Waals surface area (Å²) in [5.74, 6) is 0.462. The molecule has 0 bridgehead atoms. The smallest absolute Gasteiger partial charge is 0.261 e. The number of aromatic nitrogens is 2. The third-order valence-electron chi connectivity index (χ3n) is 3.63. The van der Waals surface area contributed by atoms with E-state index in [0.29, 0.717) is 12.4 Å². The van der Waals surface area contributed by atoms with Gasteiger partial charge in [-0.15, -0.1) is 0 Å². The van der Waals surface area contributed by atoms with Crippen LogP contribution in [0.15, 0.2) is 72.0 Å². The summed E-state index contributed by atoms with van der Waals surface area (Å²) in [6.07, 6.45) is 3.33. The maximum atomic E-state index is 11.9. The fraction of sp³-hybridized carbons (Fsp3) is 0.150. The Kier molecular flexibility index (Phi) is 5.77. The average molecular weight is 348 g/mol. The van der Waals surface area contributed by atoms with E-state index in [1.165, 1.54) is 0 Å². The van der Waals surface area contributed by atoms with Gasteiger partial charge in [0.25, 0.3) is 5.91 Å². The monoisotopic (exact) mass is 348 g/mol. The Morgan fingerprint density at radius 3 is 2.69 bits per heavy atom. The molecule has 0 radical (unpaired) electrons. The molecule has 2 aromatic carbocycles. The van der Waals surface area contributed by atoms with Crippen LogP contribution in [0.4, 0.5) is 0 Å². The highest BCUT2D eigenvalue weighted by Crippen LogP contribution is 2.17. The zero-order valence-corrected chi connectivity index (χ0v) is 14.5. The van der Waals surface area contributed by atoms with Gasteiger partial charge in [0.1, 0.15) is 18.9 Å². The molecule has 0 aliphatic heterocycles. The fourth-order valence-electron chi connectivity index (χ4n) is 2.36. The number of hydrazone groups is 1. The molecule has 1 heterocycles. The number of hydrogen-bond donors (Lipinski definition) is 1. The minimum absolute atomic E-state index is 0.122. The molecule has 1 amide bonds. The average Bonchev–Trinajstić information content (AvgIpc) is 3.06. The zero-order chi connectivity index (χ0) is 18.2. The summed E-state index contributed by atoms with van der Waals surface area (Å²) < 4.78 is 7.43. The van der Waals surface area contributed by atoms with Crippen molar-refractivity contribution >= 4 is 12.1 Å². The van der Waals surface area contributed by atoms with E-state index >= 15 is 0 Å². The van der Waals surface area contributed by atoms with E-state index in [1.54, 1.807) is 17.1 Å². The van der Waals surface area contributed by atoms with Gasteiger partial charge in [-0.25, -0.2) is 5.43 Å². The number of nitrogens with one attached hydrogen (secondary N) is 1. The first kappa shape index (κ1) is 17.4. The first-order chi connectivity index (χ1) is 12.7. The van der Waals surface area contributed by atoms with Gasteiger partial charge in [0.2, 0.25) is 0 Å². The van der Waals surface area contributed by atoms with E-state index in [9.17, 15) is 4.79 Å². The van der Waals surface area contributed by atoms with Crippen molar-refractivity contribution in [1.29, 1.82) is 0 Å². The second kappa shape index (κ2) is 8.62. The maximum Gasteiger partial charge on any atom is 0.261 e. The highest BCUT2D eigenvalue weighted by molar-refractivity contribution is 5.85. The third kappa shape index (κ3) is 5.04. The molecule has 0 aliphatic carbocycles. The van der Waals surface area contributed by atoms with Gasteiger partial charge in [0, 0.05) is 11.8 Å². The minimum Gasteiger partial charge on any atom is -0.488 e. The van der Waals surface area contributed by atoms with Crippen LogP contribution in [0.1, 0.15) is 16.8 Å². The Hall–Kier alpha value is -3.41. The van der Waals surface area contributed by atoms with Crippen LogP contribution in [0.2, 0.25) is 0 Å².